The van der Waals surface area contributed by atoms with Gasteiger partial charge >= 0.3 is 0 Å². The third-order valence-corrected chi connectivity index (χ3v) is 4.00. The molecule has 4 nitrogen and oxygen atoms in total. The molecule has 92 valence electrons. The average Bonchev–Trinajstić information content (AvgIpc) is 2.62. The minimum Gasteiger partial charge on any atom is -0.343 e. The van der Waals surface area contributed by atoms with E-state index >= 15 is 0 Å². The summed E-state index contributed by atoms with van der Waals surface area (Å²) in [6.07, 6.45) is 1.84. The first-order valence-corrected chi connectivity index (χ1v) is 6.52. The van der Waals surface area contributed by atoms with Gasteiger partial charge in [0.25, 0.3) is 0 Å². The van der Waals surface area contributed by atoms with E-state index in [1.807, 2.05) is 27.0 Å². The lowest BCUT2D eigenvalue weighted by molar-refractivity contribution is -0.118. The second-order valence-electron chi connectivity index (χ2n) is 4.34. The molecule has 1 unspecified atom stereocenters. The zero-order valence-electron chi connectivity index (χ0n) is 10.3. The van der Waals surface area contributed by atoms with Crippen LogP contribution in [0.25, 0.3) is 0 Å². The molecule has 1 aromatic rings. The van der Waals surface area contributed by atoms with E-state index < -0.39 is 0 Å². The Labute approximate surface area is 105 Å². The third kappa shape index (κ3) is 2.73. The summed E-state index contributed by atoms with van der Waals surface area (Å²) in [5.74, 6) is 0.0156. The highest BCUT2D eigenvalue weighted by molar-refractivity contribution is 7.11. The van der Waals surface area contributed by atoms with Gasteiger partial charge in [-0.1, -0.05) is 0 Å². The highest BCUT2D eigenvalue weighted by Gasteiger charge is 2.18. The zero-order valence-corrected chi connectivity index (χ0v) is 11.1. The predicted octanol–water partition coefficient (Wildman–Crippen LogP) is 1.55. The van der Waals surface area contributed by atoms with Crippen LogP contribution in [0.5, 0.6) is 0 Å². The number of nitrogens with zero attached hydrogens (tertiary/aromatic N) is 1. The normalized spacial score (nSPS) is 16.3. The van der Waals surface area contributed by atoms with Crippen LogP contribution in [-0.2, 0) is 4.79 Å². The van der Waals surface area contributed by atoms with Crippen molar-refractivity contribution in [3.63, 3.8) is 0 Å². The van der Waals surface area contributed by atoms with E-state index in [4.69, 9.17) is 0 Å². The molecule has 0 spiro atoms. The smallest absolute Gasteiger partial charge is 0.247 e. The number of hydrogen-bond donors (Lipinski definition) is 2. The second-order valence-corrected chi connectivity index (χ2v) is 5.60. The molecule has 5 heteroatoms. The van der Waals surface area contributed by atoms with Gasteiger partial charge in [-0.15, -0.1) is 11.3 Å². The van der Waals surface area contributed by atoms with E-state index in [2.05, 4.69) is 15.6 Å². The molecule has 0 saturated carbocycles. The Hall–Kier alpha value is -1.20. The van der Waals surface area contributed by atoms with Crippen LogP contribution in [0.15, 0.2) is 17.3 Å². The van der Waals surface area contributed by atoms with Crippen LogP contribution in [0, 0.1) is 6.92 Å². The molecule has 0 aliphatic carbocycles. The number of nitrogens with one attached hydrogen (secondary N) is 2. The van der Waals surface area contributed by atoms with Crippen molar-refractivity contribution in [2.45, 2.75) is 26.8 Å². The Morgan fingerprint density at radius 1 is 1.59 bits per heavy atom. The minimum absolute atomic E-state index is 0.0156. The maximum absolute atomic E-state index is 11.9. The maximum atomic E-state index is 11.9. The molecule has 1 fully saturated rings. The predicted molar refractivity (Wildman–Crippen MR) is 69.0 cm³/mol. The Morgan fingerprint density at radius 2 is 2.29 bits per heavy atom. The van der Waals surface area contributed by atoms with Crippen LogP contribution < -0.4 is 10.6 Å². The van der Waals surface area contributed by atoms with Crippen LogP contribution in [0.4, 0.5) is 0 Å². The first-order valence-electron chi connectivity index (χ1n) is 5.70. The molecule has 17 heavy (non-hydrogen) atoms. The fourth-order valence-corrected chi connectivity index (χ4v) is 2.39. The molecule has 1 saturated heterocycles. The minimum atomic E-state index is -0.0233. The lowest BCUT2D eigenvalue weighted by Crippen LogP contribution is -2.38. The molecule has 1 atom stereocenters. The highest BCUT2D eigenvalue weighted by Crippen LogP contribution is 2.19. The van der Waals surface area contributed by atoms with E-state index in [0.29, 0.717) is 0 Å². The van der Waals surface area contributed by atoms with Crippen molar-refractivity contribution in [3.05, 3.63) is 27.2 Å². The number of aryl methyl sites for hydroxylation is 1. The molecule has 1 aliphatic heterocycles. The Kier molecular flexibility index (Phi) is 3.59. The fourth-order valence-electron chi connectivity index (χ4n) is 1.61. The molecular formula is C12H17N3OS. The van der Waals surface area contributed by atoms with Crippen LogP contribution in [0.3, 0.4) is 0 Å². The molecule has 2 rings (SSSR count). The van der Waals surface area contributed by atoms with Gasteiger partial charge in [-0.25, -0.2) is 4.98 Å². The summed E-state index contributed by atoms with van der Waals surface area (Å²) in [4.78, 5) is 17.4. The quantitative estimate of drug-likeness (QED) is 0.801. The number of amides is 1. The number of carbonyl (C=O) groups is 1. The summed E-state index contributed by atoms with van der Waals surface area (Å²) in [6.45, 7) is 7.54. The van der Waals surface area contributed by atoms with E-state index in [1.54, 1.807) is 11.3 Å². The molecule has 1 aromatic heterocycles. The van der Waals surface area contributed by atoms with Crippen molar-refractivity contribution in [2.24, 2.45) is 0 Å². The van der Waals surface area contributed by atoms with Crippen LogP contribution >= 0.6 is 11.3 Å². The number of rotatable bonds is 3. The molecule has 2 N–H and O–H groups in total. The van der Waals surface area contributed by atoms with Crippen molar-refractivity contribution in [1.82, 2.24) is 15.6 Å². The van der Waals surface area contributed by atoms with Crippen molar-refractivity contribution in [1.29, 1.82) is 0 Å². The van der Waals surface area contributed by atoms with Gasteiger partial charge in [0.2, 0.25) is 5.91 Å². The summed E-state index contributed by atoms with van der Waals surface area (Å²) in [5.41, 5.74) is 2.04. The summed E-state index contributed by atoms with van der Waals surface area (Å²) in [6, 6.07) is -0.0233. The molecule has 0 bridgehead atoms. The number of thiazole rings is 1. The number of carbonyl (C=O) groups excluding carboxylic acids is 1. The number of aromatic nitrogens is 1. The van der Waals surface area contributed by atoms with Crippen molar-refractivity contribution < 1.29 is 4.79 Å². The molecular weight excluding hydrogens is 234 g/mol. The van der Waals surface area contributed by atoms with Gasteiger partial charge in [0.05, 0.1) is 6.04 Å². The van der Waals surface area contributed by atoms with Crippen molar-refractivity contribution in [3.8, 4) is 0 Å². The van der Waals surface area contributed by atoms with Crippen LogP contribution in [0.2, 0.25) is 0 Å². The van der Waals surface area contributed by atoms with Crippen LogP contribution in [-0.4, -0.2) is 24.0 Å². The van der Waals surface area contributed by atoms with Gasteiger partial charge in [0, 0.05) is 29.7 Å². The first-order chi connectivity index (χ1) is 8.08. The van der Waals surface area contributed by atoms with Crippen LogP contribution in [0.1, 0.15) is 29.8 Å². The molecule has 0 aromatic carbocycles. The zero-order chi connectivity index (χ0) is 12.4. The summed E-state index contributed by atoms with van der Waals surface area (Å²) in [7, 11) is 0. The van der Waals surface area contributed by atoms with Gasteiger partial charge < -0.3 is 10.6 Å². The van der Waals surface area contributed by atoms with Gasteiger partial charge in [-0.3, -0.25) is 4.79 Å². The molecule has 1 aliphatic rings. The lowest BCUT2D eigenvalue weighted by atomic mass is 10.0. The third-order valence-electron chi connectivity index (χ3n) is 2.90. The number of hydrogen-bond acceptors (Lipinski definition) is 4. The van der Waals surface area contributed by atoms with Crippen molar-refractivity contribution in [2.75, 3.05) is 13.1 Å². The second kappa shape index (κ2) is 4.98. The summed E-state index contributed by atoms with van der Waals surface area (Å²) < 4.78 is 0. The summed E-state index contributed by atoms with van der Waals surface area (Å²) >= 11 is 1.62. The van der Waals surface area contributed by atoms with Gasteiger partial charge in [-0.2, -0.15) is 0 Å². The Balaban J connectivity index is 1.99. The lowest BCUT2D eigenvalue weighted by Gasteiger charge is -2.22. The van der Waals surface area contributed by atoms with Gasteiger partial charge in [0.15, 0.2) is 0 Å². The van der Waals surface area contributed by atoms with E-state index in [0.717, 1.165) is 23.7 Å². The van der Waals surface area contributed by atoms with E-state index in [9.17, 15) is 4.79 Å². The fraction of sp³-hybridized carbons (Fsp3) is 0.500. The Bertz CT molecular complexity index is 458. The highest BCUT2D eigenvalue weighted by atomic mass is 32.1. The standard InChI is InChI=1S/C12H17N3OS/c1-7-4-14-12(17-7)9(3)15-11(16)8(2)10-5-13-6-10/h4,9,13H,5-6H2,1-3H3,(H,15,16). The average molecular weight is 251 g/mol. The molecule has 2 heterocycles. The summed E-state index contributed by atoms with van der Waals surface area (Å²) in [5, 5.41) is 7.08. The van der Waals surface area contributed by atoms with Gasteiger partial charge in [0.1, 0.15) is 5.01 Å². The SMILES string of the molecule is CC(C(=O)NC(C)c1ncc(C)s1)=C1CNC1. The Morgan fingerprint density at radius 3 is 2.76 bits per heavy atom. The monoisotopic (exact) mass is 251 g/mol. The molecule has 1 amide bonds. The van der Waals surface area contributed by atoms with E-state index in [1.165, 1.54) is 10.5 Å². The topological polar surface area (TPSA) is 54.0 Å². The van der Waals surface area contributed by atoms with Crippen molar-refractivity contribution >= 4 is 17.2 Å². The maximum Gasteiger partial charge on any atom is 0.247 e. The largest absolute Gasteiger partial charge is 0.343 e. The first kappa shape index (κ1) is 12.3. The van der Waals surface area contributed by atoms with Gasteiger partial charge in [-0.05, 0) is 26.3 Å². The van der Waals surface area contributed by atoms with E-state index in [-0.39, 0.29) is 11.9 Å². The molecule has 0 radical (unpaired) electrons.